The number of nitriles is 1. The van der Waals surface area contributed by atoms with Crippen LogP contribution in [0.2, 0.25) is 0 Å². The third-order valence-electron chi connectivity index (χ3n) is 5.05. The molecule has 0 aromatic heterocycles. The van der Waals surface area contributed by atoms with E-state index in [0.717, 1.165) is 25.0 Å². The highest BCUT2D eigenvalue weighted by atomic mass is 19.1. The van der Waals surface area contributed by atoms with Crippen molar-refractivity contribution in [3.8, 4) is 6.07 Å². The van der Waals surface area contributed by atoms with Gasteiger partial charge in [0.1, 0.15) is 5.69 Å². The molecule has 1 aromatic rings. The lowest BCUT2D eigenvalue weighted by Crippen LogP contribution is -2.52. The fourth-order valence-corrected chi connectivity index (χ4v) is 3.77. The summed E-state index contributed by atoms with van der Waals surface area (Å²) in [5, 5.41) is 19.5. The molecule has 2 aliphatic heterocycles. The minimum absolute atomic E-state index is 0.0347. The summed E-state index contributed by atoms with van der Waals surface area (Å²) < 4.78 is 34.2. The number of aliphatic hydroxyl groups is 1. The van der Waals surface area contributed by atoms with E-state index in [0.29, 0.717) is 26.2 Å². The van der Waals surface area contributed by atoms with Crippen LogP contribution in [0, 0.1) is 28.9 Å². The molecule has 0 aliphatic carbocycles. The second-order valence-electron chi connectivity index (χ2n) is 6.59. The maximum atomic E-state index is 14.4. The van der Waals surface area contributed by atoms with Crippen LogP contribution in [0.4, 0.5) is 14.5 Å². The summed E-state index contributed by atoms with van der Waals surface area (Å²) in [7, 11) is 0. The van der Waals surface area contributed by atoms with Crippen LogP contribution in [0.1, 0.15) is 31.7 Å². The second kappa shape index (κ2) is 6.06. The van der Waals surface area contributed by atoms with Gasteiger partial charge < -0.3 is 14.7 Å². The number of nitrogens with zero attached hydrogens (tertiary/aromatic N) is 2. The van der Waals surface area contributed by atoms with Crippen molar-refractivity contribution in [1.82, 2.24) is 0 Å². The SMILES string of the molecule is C[C@]1(O)CCOC[C@@H]1[C@@H]1CCCN1c1c(F)cc(C#N)cc1F. The average molecular weight is 322 g/mol. The van der Waals surface area contributed by atoms with Gasteiger partial charge in [0.25, 0.3) is 0 Å². The molecule has 1 aromatic carbocycles. The summed E-state index contributed by atoms with van der Waals surface area (Å²) in [6.07, 6.45) is 2.07. The molecule has 2 heterocycles. The lowest BCUT2D eigenvalue weighted by atomic mass is 9.79. The highest BCUT2D eigenvalue weighted by Gasteiger charge is 2.45. The van der Waals surface area contributed by atoms with Crippen LogP contribution in [-0.4, -0.2) is 36.5 Å². The van der Waals surface area contributed by atoms with Crippen LogP contribution in [-0.2, 0) is 4.74 Å². The molecule has 4 nitrogen and oxygen atoms in total. The summed E-state index contributed by atoms with van der Waals surface area (Å²) in [5.74, 6) is -1.66. The molecule has 23 heavy (non-hydrogen) atoms. The molecule has 0 unspecified atom stereocenters. The van der Waals surface area contributed by atoms with E-state index < -0.39 is 17.2 Å². The van der Waals surface area contributed by atoms with Gasteiger partial charge in [-0.2, -0.15) is 5.26 Å². The smallest absolute Gasteiger partial charge is 0.150 e. The van der Waals surface area contributed by atoms with Gasteiger partial charge in [0, 0.05) is 25.1 Å². The van der Waals surface area contributed by atoms with Crippen molar-refractivity contribution in [3.05, 3.63) is 29.3 Å². The van der Waals surface area contributed by atoms with Crippen LogP contribution in [0.25, 0.3) is 0 Å². The molecule has 2 aliphatic rings. The Kier molecular flexibility index (Phi) is 4.26. The van der Waals surface area contributed by atoms with E-state index in [1.54, 1.807) is 17.9 Å². The predicted molar refractivity (Wildman–Crippen MR) is 81.0 cm³/mol. The summed E-state index contributed by atoms with van der Waals surface area (Å²) in [4.78, 5) is 1.69. The molecule has 3 rings (SSSR count). The maximum absolute atomic E-state index is 14.4. The van der Waals surface area contributed by atoms with E-state index in [1.165, 1.54) is 0 Å². The van der Waals surface area contributed by atoms with Crippen LogP contribution in [0.3, 0.4) is 0 Å². The van der Waals surface area contributed by atoms with Gasteiger partial charge in [0.05, 0.1) is 23.8 Å². The highest BCUT2D eigenvalue weighted by molar-refractivity contribution is 5.54. The van der Waals surface area contributed by atoms with Crippen molar-refractivity contribution >= 4 is 5.69 Å². The second-order valence-corrected chi connectivity index (χ2v) is 6.59. The van der Waals surface area contributed by atoms with E-state index in [2.05, 4.69) is 0 Å². The van der Waals surface area contributed by atoms with E-state index >= 15 is 0 Å². The molecule has 0 radical (unpaired) electrons. The normalized spacial score (nSPS) is 31.2. The van der Waals surface area contributed by atoms with Gasteiger partial charge in [-0.05, 0) is 38.3 Å². The first-order valence-corrected chi connectivity index (χ1v) is 7.90. The van der Waals surface area contributed by atoms with Crippen molar-refractivity contribution in [2.24, 2.45) is 5.92 Å². The molecule has 1 N–H and O–H groups in total. The number of hydrogen-bond donors (Lipinski definition) is 1. The number of rotatable bonds is 2. The number of anilines is 1. The molecule has 0 bridgehead atoms. The summed E-state index contributed by atoms with van der Waals surface area (Å²) in [6, 6.07) is 3.69. The third-order valence-corrected chi connectivity index (χ3v) is 5.05. The van der Waals surface area contributed by atoms with Crippen molar-refractivity contribution < 1.29 is 18.6 Å². The number of ether oxygens (including phenoxy) is 1. The van der Waals surface area contributed by atoms with Gasteiger partial charge in [-0.15, -0.1) is 0 Å². The summed E-state index contributed by atoms with van der Waals surface area (Å²) in [5.41, 5.74) is -1.05. The molecule has 0 amide bonds. The van der Waals surface area contributed by atoms with E-state index in [-0.39, 0.29) is 23.2 Å². The lowest BCUT2D eigenvalue weighted by molar-refractivity contribution is -0.108. The fraction of sp³-hybridized carbons (Fsp3) is 0.588. The molecule has 124 valence electrons. The number of halogens is 2. The van der Waals surface area contributed by atoms with Gasteiger partial charge in [0.15, 0.2) is 11.6 Å². The minimum Gasteiger partial charge on any atom is -0.390 e. The topological polar surface area (TPSA) is 56.5 Å². The van der Waals surface area contributed by atoms with E-state index in [9.17, 15) is 13.9 Å². The molecule has 3 atom stereocenters. The molecular formula is C17H20F2N2O2. The number of benzene rings is 1. The van der Waals surface area contributed by atoms with E-state index in [4.69, 9.17) is 10.00 Å². The zero-order chi connectivity index (χ0) is 16.6. The van der Waals surface area contributed by atoms with Gasteiger partial charge in [-0.3, -0.25) is 0 Å². The zero-order valence-corrected chi connectivity index (χ0v) is 13.1. The number of hydrogen-bond acceptors (Lipinski definition) is 4. The first kappa shape index (κ1) is 16.2. The monoisotopic (exact) mass is 322 g/mol. The standard InChI is InChI=1S/C17H20F2N2O2/c1-17(22)4-6-23-10-12(17)15-3-2-5-21(15)16-13(18)7-11(9-20)8-14(16)19/h7-8,12,15,22H,2-6,10H2,1H3/t12-,15+,17+/m1/s1. The molecule has 2 fully saturated rings. The quantitative estimate of drug-likeness (QED) is 0.909. The Bertz CT molecular complexity index is 619. The van der Waals surface area contributed by atoms with Crippen LogP contribution < -0.4 is 4.90 Å². The molecule has 2 saturated heterocycles. The first-order chi connectivity index (χ1) is 10.9. The first-order valence-electron chi connectivity index (χ1n) is 7.90. The van der Waals surface area contributed by atoms with Gasteiger partial charge in [-0.25, -0.2) is 8.78 Å². The predicted octanol–water partition coefficient (Wildman–Crippen LogP) is 2.59. The lowest BCUT2D eigenvalue weighted by Gasteiger charge is -2.43. The Morgan fingerprint density at radius 2 is 2.09 bits per heavy atom. The molecule has 0 spiro atoms. The average Bonchev–Trinajstić information content (AvgIpc) is 2.94. The molecule has 0 saturated carbocycles. The van der Waals surface area contributed by atoms with Crippen molar-refractivity contribution in [3.63, 3.8) is 0 Å². The van der Waals surface area contributed by atoms with Crippen LogP contribution in [0.5, 0.6) is 0 Å². The summed E-state index contributed by atoms with van der Waals surface area (Å²) in [6.45, 7) is 3.17. The van der Waals surface area contributed by atoms with Gasteiger partial charge in [0.2, 0.25) is 0 Å². The Balaban J connectivity index is 1.95. The van der Waals surface area contributed by atoms with Gasteiger partial charge in [-0.1, -0.05) is 0 Å². The minimum atomic E-state index is -0.912. The van der Waals surface area contributed by atoms with Crippen molar-refractivity contribution in [1.29, 1.82) is 5.26 Å². The van der Waals surface area contributed by atoms with Crippen molar-refractivity contribution in [2.45, 2.75) is 37.8 Å². The Labute approximate surface area is 134 Å². The summed E-state index contributed by atoms with van der Waals surface area (Å²) >= 11 is 0. The highest BCUT2D eigenvalue weighted by Crippen LogP contribution is 2.39. The zero-order valence-electron chi connectivity index (χ0n) is 13.1. The largest absolute Gasteiger partial charge is 0.390 e. The Morgan fingerprint density at radius 1 is 1.39 bits per heavy atom. The maximum Gasteiger partial charge on any atom is 0.150 e. The fourth-order valence-electron chi connectivity index (χ4n) is 3.77. The van der Waals surface area contributed by atoms with Crippen LogP contribution in [0.15, 0.2) is 12.1 Å². The van der Waals surface area contributed by atoms with Crippen LogP contribution >= 0.6 is 0 Å². The Morgan fingerprint density at radius 3 is 2.70 bits per heavy atom. The third kappa shape index (κ3) is 2.91. The van der Waals surface area contributed by atoms with Gasteiger partial charge >= 0.3 is 0 Å². The molecule has 6 heteroatoms. The van der Waals surface area contributed by atoms with Crippen molar-refractivity contribution in [2.75, 3.05) is 24.7 Å². The van der Waals surface area contributed by atoms with E-state index in [1.807, 2.05) is 0 Å². The molecular weight excluding hydrogens is 302 g/mol. The Hall–Kier alpha value is -1.71.